The van der Waals surface area contributed by atoms with Crippen molar-refractivity contribution in [2.75, 3.05) is 13.1 Å². The average molecular weight is 357 g/mol. The minimum Gasteiger partial charge on any atom is -0.337 e. The highest BCUT2D eigenvalue weighted by Crippen LogP contribution is 2.21. The van der Waals surface area contributed by atoms with E-state index in [2.05, 4.69) is 15.2 Å². The predicted octanol–water partition coefficient (Wildman–Crippen LogP) is 2.12. The van der Waals surface area contributed by atoms with Gasteiger partial charge in [-0.3, -0.25) is 19.3 Å². The zero-order valence-corrected chi connectivity index (χ0v) is 16.0. The van der Waals surface area contributed by atoms with E-state index in [0.717, 1.165) is 24.2 Å². The lowest BCUT2D eigenvalue weighted by Crippen LogP contribution is -2.40. The molecule has 1 aliphatic rings. The minimum atomic E-state index is -0.130. The van der Waals surface area contributed by atoms with E-state index in [1.165, 1.54) is 0 Å². The van der Waals surface area contributed by atoms with Gasteiger partial charge in [-0.25, -0.2) is 4.98 Å². The summed E-state index contributed by atoms with van der Waals surface area (Å²) in [6.45, 7) is 10.1. The van der Waals surface area contributed by atoms with Gasteiger partial charge < -0.3 is 4.90 Å². The van der Waals surface area contributed by atoms with E-state index in [4.69, 9.17) is 0 Å². The Hall–Kier alpha value is -2.44. The maximum Gasteiger partial charge on any atom is 0.274 e. The van der Waals surface area contributed by atoms with Gasteiger partial charge in [-0.2, -0.15) is 5.10 Å². The molecule has 3 heterocycles. The minimum absolute atomic E-state index is 0.00423. The van der Waals surface area contributed by atoms with Crippen LogP contribution in [0.5, 0.6) is 0 Å². The van der Waals surface area contributed by atoms with E-state index < -0.39 is 0 Å². The molecule has 26 heavy (non-hydrogen) atoms. The number of H-pyrrole nitrogens is 1. The number of aryl methyl sites for hydroxylation is 1. The predicted molar refractivity (Wildman–Crippen MR) is 99.1 cm³/mol. The number of aromatic amines is 1. The number of hydrogen-bond donors (Lipinski definition) is 1. The molecular weight excluding hydrogens is 330 g/mol. The van der Waals surface area contributed by atoms with Crippen molar-refractivity contribution in [1.29, 1.82) is 0 Å². The quantitative estimate of drug-likeness (QED) is 0.912. The molecule has 1 N–H and O–H groups in total. The topological polar surface area (TPSA) is 83.9 Å². The molecule has 7 heteroatoms. The Morgan fingerprint density at radius 3 is 2.50 bits per heavy atom. The molecule has 1 amide bonds. The van der Waals surface area contributed by atoms with Gasteiger partial charge in [0, 0.05) is 36.8 Å². The number of carbonyl (C=O) groups is 1. The van der Waals surface area contributed by atoms with Gasteiger partial charge in [0.2, 0.25) is 0 Å². The van der Waals surface area contributed by atoms with Crippen molar-refractivity contribution in [2.24, 2.45) is 5.92 Å². The number of nitrogens with zero attached hydrogens (tertiary/aromatic N) is 4. The zero-order valence-electron chi connectivity index (χ0n) is 16.0. The van der Waals surface area contributed by atoms with Gasteiger partial charge in [0.15, 0.2) is 0 Å². The second-order valence-electron chi connectivity index (χ2n) is 8.19. The number of carbonyl (C=O) groups excluding carboxylic acids is 1. The second-order valence-corrected chi connectivity index (χ2v) is 8.19. The number of piperidine rings is 1. The number of amides is 1. The smallest absolute Gasteiger partial charge is 0.274 e. The molecule has 2 aromatic rings. The first-order chi connectivity index (χ1) is 12.2. The van der Waals surface area contributed by atoms with Crippen LogP contribution in [0, 0.1) is 12.8 Å². The van der Waals surface area contributed by atoms with Crippen molar-refractivity contribution in [3.63, 3.8) is 0 Å². The molecule has 3 rings (SSSR count). The Morgan fingerprint density at radius 1 is 1.27 bits per heavy atom. The van der Waals surface area contributed by atoms with Gasteiger partial charge in [-0.15, -0.1) is 0 Å². The summed E-state index contributed by atoms with van der Waals surface area (Å²) in [6, 6.07) is 3.41. The van der Waals surface area contributed by atoms with Gasteiger partial charge >= 0.3 is 0 Å². The normalized spacial score (nSPS) is 16.1. The summed E-state index contributed by atoms with van der Waals surface area (Å²) in [6.07, 6.45) is 3.41. The third-order valence-corrected chi connectivity index (χ3v) is 4.93. The van der Waals surface area contributed by atoms with Crippen molar-refractivity contribution in [3.05, 3.63) is 45.9 Å². The lowest BCUT2D eigenvalue weighted by Gasteiger charge is -2.31. The first-order valence-corrected chi connectivity index (χ1v) is 9.12. The average Bonchev–Trinajstić information content (AvgIpc) is 3.02. The summed E-state index contributed by atoms with van der Waals surface area (Å²) < 4.78 is 1.69. The molecule has 1 saturated heterocycles. The number of aromatic nitrogens is 4. The Morgan fingerprint density at radius 2 is 1.96 bits per heavy atom. The first kappa shape index (κ1) is 18.4. The SMILES string of the molecule is Cc1cc(C(=O)N2CCC(Cn3cnc(C(C)(C)C)cc3=O)CC2)n[nH]1. The molecule has 140 valence electrons. The number of rotatable bonds is 3. The fourth-order valence-electron chi connectivity index (χ4n) is 3.26. The van der Waals surface area contributed by atoms with Crippen LogP contribution in [-0.4, -0.2) is 43.6 Å². The van der Waals surface area contributed by atoms with Crippen LogP contribution in [0.4, 0.5) is 0 Å². The Bertz CT molecular complexity index is 838. The maximum absolute atomic E-state index is 12.4. The van der Waals surface area contributed by atoms with Gasteiger partial charge in [-0.05, 0) is 31.7 Å². The van der Waals surface area contributed by atoms with Gasteiger partial charge in [-0.1, -0.05) is 20.8 Å². The molecule has 0 aliphatic carbocycles. The van der Waals surface area contributed by atoms with Crippen LogP contribution in [-0.2, 0) is 12.0 Å². The summed E-state index contributed by atoms with van der Waals surface area (Å²) in [5, 5.41) is 6.86. The number of nitrogens with one attached hydrogen (secondary N) is 1. The molecular formula is C19H27N5O2. The molecule has 1 fully saturated rings. The fourth-order valence-corrected chi connectivity index (χ4v) is 3.26. The molecule has 0 bridgehead atoms. The summed E-state index contributed by atoms with van der Waals surface area (Å²) in [5.74, 6) is 0.348. The fraction of sp³-hybridized carbons (Fsp3) is 0.579. The molecule has 0 unspecified atom stereocenters. The van der Waals surface area contributed by atoms with E-state index in [1.807, 2.05) is 32.6 Å². The van der Waals surface area contributed by atoms with Gasteiger partial charge in [0.1, 0.15) is 5.69 Å². The first-order valence-electron chi connectivity index (χ1n) is 9.12. The van der Waals surface area contributed by atoms with Gasteiger partial charge in [0.25, 0.3) is 11.5 Å². The van der Waals surface area contributed by atoms with Crippen LogP contribution < -0.4 is 5.56 Å². The lowest BCUT2D eigenvalue weighted by atomic mass is 9.92. The summed E-state index contributed by atoms with van der Waals surface area (Å²) in [5.41, 5.74) is 2.03. The third-order valence-electron chi connectivity index (χ3n) is 4.93. The van der Waals surface area contributed by atoms with Crippen molar-refractivity contribution in [1.82, 2.24) is 24.6 Å². The Kier molecular flexibility index (Phi) is 4.98. The summed E-state index contributed by atoms with van der Waals surface area (Å²) in [7, 11) is 0. The Labute approximate surface area is 153 Å². The molecule has 0 spiro atoms. The van der Waals surface area contributed by atoms with Crippen LogP contribution in [0.25, 0.3) is 0 Å². The van der Waals surface area contributed by atoms with Crippen LogP contribution in [0.3, 0.4) is 0 Å². The standard InChI is InChI=1S/C19H27N5O2/c1-13-9-15(22-21-13)18(26)23-7-5-14(6-8-23)11-24-12-20-16(10-17(24)25)19(2,3)4/h9-10,12,14H,5-8,11H2,1-4H3,(H,21,22). The third kappa shape index (κ3) is 4.03. The molecule has 2 aromatic heterocycles. The van der Waals surface area contributed by atoms with Gasteiger partial charge in [0.05, 0.1) is 12.0 Å². The van der Waals surface area contributed by atoms with E-state index in [0.29, 0.717) is 31.2 Å². The zero-order chi connectivity index (χ0) is 18.9. The van der Waals surface area contributed by atoms with Crippen LogP contribution in [0.2, 0.25) is 0 Å². The molecule has 0 aromatic carbocycles. The van der Waals surface area contributed by atoms with E-state index >= 15 is 0 Å². The second kappa shape index (κ2) is 7.05. The number of likely N-dealkylation sites (tertiary alicyclic amines) is 1. The highest BCUT2D eigenvalue weighted by Gasteiger charge is 2.25. The van der Waals surface area contributed by atoms with E-state index in [9.17, 15) is 9.59 Å². The molecule has 1 aliphatic heterocycles. The van der Waals surface area contributed by atoms with Crippen molar-refractivity contribution in [3.8, 4) is 0 Å². The summed E-state index contributed by atoms with van der Waals surface area (Å²) in [4.78, 5) is 31.1. The van der Waals surface area contributed by atoms with Crippen molar-refractivity contribution >= 4 is 5.91 Å². The number of hydrogen-bond acceptors (Lipinski definition) is 4. The lowest BCUT2D eigenvalue weighted by molar-refractivity contribution is 0.0676. The van der Waals surface area contributed by atoms with Crippen molar-refractivity contribution in [2.45, 2.75) is 52.5 Å². The van der Waals surface area contributed by atoms with E-state index in [1.54, 1.807) is 23.0 Å². The highest BCUT2D eigenvalue weighted by molar-refractivity contribution is 5.92. The van der Waals surface area contributed by atoms with E-state index in [-0.39, 0.29) is 16.9 Å². The monoisotopic (exact) mass is 357 g/mol. The molecule has 0 radical (unpaired) electrons. The molecule has 0 atom stereocenters. The molecule has 7 nitrogen and oxygen atoms in total. The largest absolute Gasteiger partial charge is 0.337 e. The maximum atomic E-state index is 12.4. The highest BCUT2D eigenvalue weighted by atomic mass is 16.2. The molecule has 0 saturated carbocycles. The van der Waals surface area contributed by atoms with Crippen LogP contribution >= 0.6 is 0 Å². The van der Waals surface area contributed by atoms with Crippen LogP contribution in [0.1, 0.15) is 55.5 Å². The van der Waals surface area contributed by atoms with Crippen molar-refractivity contribution < 1.29 is 4.79 Å². The Balaban J connectivity index is 1.59. The summed E-state index contributed by atoms with van der Waals surface area (Å²) >= 11 is 0. The van der Waals surface area contributed by atoms with Crippen LogP contribution in [0.15, 0.2) is 23.3 Å².